The molecule has 7 heteroatoms. The van der Waals surface area contributed by atoms with E-state index < -0.39 is 5.82 Å². The highest BCUT2D eigenvalue weighted by atomic mass is 127. The van der Waals surface area contributed by atoms with E-state index in [4.69, 9.17) is 4.74 Å². The van der Waals surface area contributed by atoms with Crippen molar-refractivity contribution in [2.75, 3.05) is 7.11 Å². The van der Waals surface area contributed by atoms with Crippen molar-refractivity contribution in [1.82, 2.24) is 4.90 Å². The lowest BCUT2D eigenvalue weighted by Crippen LogP contribution is -2.27. The number of ether oxygens (including phenoxy) is 1. The van der Waals surface area contributed by atoms with E-state index in [1.165, 1.54) is 30.2 Å². The first kappa shape index (κ1) is 17.9. The van der Waals surface area contributed by atoms with Crippen LogP contribution in [0.5, 0.6) is 5.75 Å². The van der Waals surface area contributed by atoms with Gasteiger partial charge in [-0.2, -0.15) is 0 Å². The number of methoxy groups -OCH3 is 1. The van der Waals surface area contributed by atoms with Crippen LogP contribution in [0.2, 0.25) is 0 Å². The van der Waals surface area contributed by atoms with Gasteiger partial charge in [0, 0.05) is 3.57 Å². The summed E-state index contributed by atoms with van der Waals surface area (Å²) in [5.41, 5.74) is 1.48. The Morgan fingerprint density at radius 2 is 2.04 bits per heavy atom. The van der Waals surface area contributed by atoms with E-state index in [0.717, 1.165) is 20.9 Å². The van der Waals surface area contributed by atoms with Gasteiger partial charge in [-0.3, -0.25) is 14.5 Å². The summed E-state index contributed by atoms with van der Waals surface area (Å²) in [4.78, 5) is 26.3. The van der Waals surface area contributed by atoms with Crippen LogP contribution in [0.25, 0.3) is 6.08 Å². The molecule has 25 heavy (non-hydrogen) atoms. The predicted molar refractivity (Wildman–Crippen MR) is 104 cm³/mol. The van der Waals surface area contributed by atoms with Crippen molar-refractivity contribution in [3.05, 3.63) is 67.9 Å². The van der Waals surface area contributed by atoms with Gasteiger partial charge in [-0.25, -0.2) is 4.39 Å². The fraction of sp³-hybridized carbons (Fsp3) is 0.111. The molecule has 4 nitrogen and oxygen atoms in total. The SMILES string of the molecule is COc1cc(/C=C2\SC(=O)N(Cc3cccc(I)c3)C2=O)ccc1F. The number of benzene rings is 2. The highest BCUT2D eigenvalue weighted by molar-refractivity contribution is 14.1. The third kappa shape index (κ3) is 4.04. The van der Waals surface area contributed by atoms with E-state index in [9.17, 15) is 14.0 Å². The van der Waals surface area contributed by atoms with Gasteiger partial charge in [-0.05, 0) is 75.8 Å². The number of rotatable bonds is 4. The van der Waals surface area contributed by atoms with E-state index in [1.807, 2.05) is 24.3 Å². The zero-order chi connectivity index (χ0) is 18.0. The molecule has 0 aromatic heterocycles. The van der Waals surface area contributed by atoms with Crippen molar-refractivity contribution in [2.45, 2.75) is 6.54 Å². The Morgan fingerprint density at radius 3 is 2.76 bits per heavy atom. The summed E-state index contributed by atoms with van der Waals surface area (Å²) in [5, 5.41) is -0.316. The van der Waals surface area contributed by atoms with Crippen LogP contribution >= 0.6 is 34.4 Å². The Labute approximate surface area is 162 Å². The molecule has 0 aliphatic carbocycles. The van der Waals surface area contributed by atoms with Gasteiger partial charge in [0.25, 0.3) is 11.1 Å². The van der Waals surface area contributed by atoms with Crippen LogP contribution in [-0.2, 0) is 11.3 Å². The number of halogens is 2. The lowest BCUT2D eigenvalue weighted by molar-refractivity contribution is -0.123. The van der Waals surface area contributed by atoms with Gasteiger partial charge in [0.1, 0.15) is 0 Å². The van der Waals surface area contributed by atoms with Gasteiger partial charge in [-0.1, -0.05) is 18.2 Å². The largest absolute Gasteiger partial charge is 0.494 e. The molecule has 0 atom stereocenters. The number of imide groups is 1. The quantitative estimate of drug-likeness (QED) is 0.482. The normalized spacial score (nSPS) is 16.0. The summed E-state index contributed by atoms with van der Waals surface area (Å²) < 4.78 is 19.5. The summed E-state index contributed by atoms with van der Waals surface area (Å²) in [6.07, 6.45) is 1.57. The van der Waals surface area contributed by atoms with Crippen molar-refractivity contribution < 1.29 is 18.7 Å². The van der Waals surface area contributed by atoms with Crippen LogP contribution in [-0.4, -0.2) is 23.2 Å². The zero-order valence-corrected chi connectivity index (χ0v) is 16.1. The van der Waals surface area contributed by atoms with Crippen molar-refractivity contribution in [3.8, 4) is 5.75 Å². The number of amides is 2. The number of hydrogen-bond donors (Lipinski definition) is 0. The molecule has 0 spiro atoms. The Bertz CT molecular complexity index is 884. The maximum Gasteiger partial charge on any atom is 0.293 e. The molecule has 3 rings (SSSR count). The molecule has 1 heterocycles. The minimum absolute atomic E-state index is 0.0897. The molecular formula is C18H13FINO3S. The number of carbonyl (C=O) groups excluding carboxylic acids is 2. The Morgan fingerprint density at radius 1 is 1.24 bits per heavy atom. The molecule has 128 valence electrons. The molecule has 2 amide bonds. The first-order valence-corrected chi connectivity index (χ1v) is 9.21. The summed E-state index contributed by atoms with van der Waals surface area (Å²) in [6, 6.07) is 11.9. The van der Waals surface area contributed by atoms with Crippen LogP contribution in [0.15, 0.2) is 47.4 Å². The summed E-state index contributed by atoms with van der Waals surface area (Å²) >= 11 is 3.06. The van der Waals surface area contributed by atoms with E-state index in [0.29, 0.717) is 10.5 Å². The van der Waals surface area contributed by atoms with Gasteiger partial charge >= 0.3 is 0 Å². The average molecular weight is 469 g/mol. The van der Waals surface area contributed by atoms with Crippen LogP contribution in [0, 0.1) is 9.39 Å². The topological polar surface area (TPSA) is 46.6 Å². The molecule has 0 saturated carbocycles. The lowest BCUT2D eigenvalue weighted by Gasteiger charge is -2.12. The monoisotopic (exact) mass is 469 g/mol. The van der Waals surface area contributed by atoms with E-state index in [2.05, 4.69) is 22.6 Å². The molecule has 0 N–H and O–H groups in total. The summed E-state index contributed by atoms with van der Waals surface area (Å²) in [6.45, 7) is 0.228. The van der Waals surface area contributed by atoms with Crippen molar-refractivity contribution >= 4 is 51.6 Å². The minimum atomic E-state index is -0.480. The summed E-state index contributed by atoms with van der Waals surface area (Å²) in [5.74, 6) is -0.740. The standard InChI is InChI=1S/C18H13FINO3S/c1-24-15-8-11(5-6-14(15)19)9-16-17(22)21(18(23)25-16)10-12-3-2-4-13(20)7-12/h2-9H,10H2,1H3/b16-9-. The number of carbonyl (C=O) groups is 2. The van der Waals surface area contributed by atoms with Crippen LogP contribution in [0.3, 0.4) is 0 Å². The molecule has 1 aliphatic heterocycles. The lowest BCUT2D eigenvalue weighted by atomic mass is 10.2. The van der Waals surface area contributed by atoms with Crippen molar-refractivity contribution in [3.63, 3.8) is 0 Å². The Balaban J connectivity index is 1.83. The average Bonchev–Trinajstić information content (AvgIpc) is 2.84. The molecular weight excluding hydrogens is 456 g/mol. The molecule has 1 aliphatic rings. The second-order valence-corrected chi connectivity index (χ2v) is 7.53. The molecule has 2 aromatic rings. The second kappa shape index (κ2) is 7.57. The minimum Gasteiger partial charge on any atom is -0.494 e. The number of hydrogen-bond acceptors (Lipinski definition) is 4. The van der Waals surface area contributed by atoms with Crippen LogP contribution in [0.1, 0.15) is 11.1 Å². The Hall–Kier alpha value is -1.87. The smallest absolute Gasteiger partial charge is 0.293 e. The van der Waals surface area contributed by atoms with Gasteiger partial charge in [-0.15, -0.1) is 0 Å². The van der Waals surface area contributed by atoms with E-state index in [1.54, 1.807) is 6.08 Å². The zero-order valence-electron chi connectivity index (χ0n) is 13.2. The van der Waals surface area contributed by atoms with Gasteiger partial charge in [0.15, 0.2) is 11.6 Å². The Kier molecular flexibility index (Phi) is 5.43. The fourth-order valence-corrected chi connectivity index (χ4v) is 3.82. The van der Waals surface area contributed by atoms with Crippen molar-refractivity contribution in [2.24, 2.45) is 0 Å². The fourth-order valence-electron chi connectivity index (χ4n) is 2.37. The number of thioether (sulfide) groups is 1. The highest BCUT2D eigenvalue weighted by Crippen LogP contribution is 2.34. The van der Waals surface area contributed by atoms with Gasteiger partial charge in [0.2, 0.25) is 0 Å². The molecule has 2 aromatic carbocycles. The van der Waals surface area contributed by atoms with Crippen LogP contribution < -0.4 is 4.74 Å². The van der Waals surface area contributed by atoms with Gasteiger partial charge in [0.05, 0.1) is 18.6 Å². The second-order valence-electron chi connectivity index (χ2n) is 5.29. The molecule has 0 unspecified atom stereocenters. The molecule has 0 radical (unpaired) electrons. The molecule has 1 saturated heterocycles. The van der Waals surface area contributed by atoms with E-state index >= 15 is 0 Å². The third-order valence-electron chi connectivity index (χ3n) is 3.58. The van der Waals surface area contributed by atoms with Gasteiger partial charge < -0.3 is 4.74 Å². The highest BCUT2D eigenvalue weighted by Gasteiger charge is 2.35. The maximum absolute atomic E-state index is 13.5. The maximum atomic E-state index is 13.5. The first-order chi connectivity index (χ1) is 12.0. The molecule has 0 bridgehead atoms. The summed E-state index contributed by atoms with van der Waals surface area (Å²) in [7, 11) is 1.37. The predicted octanol–water partition coefficient (Wildman–Crippen LogP) is 4.68. The molecule has 1 fully saturated rings. The third-order valence-corrected chi connectivity index (χ3v) is 5.15. The van der Waals surface area contributed by atoms with E-state index in [-0.39, 0.29) is 23.4 Å². The number of nitrogens with zero attached hydrogens (tertiary/aromatic N) is 1. The van der Waals surface area contributed by atoms with Crippen LogP contribution in [0.4, 0.5) is 9.18 Å². The first-order valence-electron chi connectivity index (χ1n) is 7.31. The van der Waals surface area contributed by atoms with Crippen molar-refractivity contribution in [1.29, 1.82) is 0 Å².